The van der Waals surface area contributed by atoms with Crippen LogP contribution in [-0.4, -0.2) is 33.2 Å². The van der Waals surface area contributed by atoms with E-state index in [4.69, 9.17) is 10.2 Å². The lowest BCUT2D eigenvalue weighted by molar-refractivity contribution is -0.137. The Kier molecular flexibility index (Phi) is 4.53. The maximum atomic E-state index is 11.7. The van der Waals surface area contributed by atoms with Gasteiger partial charge in [-0.2, -0.15) is 0 Å². The Labute approximate surface area is 104 Å². The molecule has 0 saturated carbocycles. The standard InChI is InChI=1S/C12H15NO5/c1-7(2-5-11(16)17)13-12(18)8-3-4-9(14)10(15)6-8/h3-4,6-7,14-15H,2,5H2,1H3,(H,13,18)(H,16,17). The molecule has 0 aromatic heterocycles. The van der Waals surface area contributed by atoms with E-state index in [2.05, 4.69) is 5.32 Å². The zero-order chi connectivity index (χ0) is 13.7. The molecule has 0 aliphatic carbocycles. The number of rotatable bonds is 5. The van der Waals surface area contributed by atoms with Gasteiger partial charge in [-0.3, -0.25) is 9.59 Å². The highest BCUT2D eigenvalue weighted by molar-refractivity contribution is 5.95. The van der Waals surface area contributed by atoms with Gasteiger partial charge >= 0.3 is 5.97 Å². The first-order valence-electron chi connectivity index (χ1n) is 5.44. The lowest BCUT2D eigenvalue weighted by Gasteiger charge is -2.12. The summed E-state index contributed by atoms with van der Waals surface area (Å²) in [6, 6.07) is 3.44. The Bertz CT molecular complexity index is 458. The summed E-state index contributed by atoms with van der Waals surface area (Å²) in [6.07, 6.45) is 0.299. The predicted octanol–water partition coefficient (Wildman–Crippen LogP) is 1.08. The molecule has 0 aliphatic rings. The molecular formula is C12H15NO5. The van der Waals surface area contributed by atoms with Crippen LogP contribution in [0, 0.1) is 0 Å². The molecule has 1 unspecified atom stereocenters. The molecule has 1 aromatic carbocycles. The van der Waals surface area contributed by atoms with Gasteiger partial charge in [0.2, 0.25) is 0 Å². The van der Waals surface area contributed by atoms with Gasteiger partial charge in [0.15, 0.2) is 11.5 Å². The SMILES string of the molecule is CC(CCC(=O)O)NC(=O)c1ccc(O)c(O)c1. The fourth-order valence-electron chi connectivity index (χ4n) is 1.38. The van der Waals surface area contributed by atoms with Crippen molar-refractivity contribution in [2.75, 3.05) is 0 Å². The third-order valence-electron chi connectivity index (χ3n) is 2.41. The molecule has 1 atom stereocenters. The lowest BCUT2D eigenvalue weighted by atomic mass is 10.1. The quantitative estimate of drug-likeness (QED) is 0.587. The number of carboxylic acid groups (broad SMARTS) is 1. The fourth-order valence-corrected chi connectivity index (χ4v) is 1.38. The van der Waals surface area contributed by atoms with E-state index >= 15 is 0 Å². The summed E-state index contributed by atoms with van der Waals surface area (Å²) in [5.41, 5.74) is 0.201. The molecule has 1 rings (SSSR count). The number of aromatic hydroxyl groups is 2. The van der Waals surface area contributed by atoms with Gasteiger partial charge in [-0.1, -0.05) is 0 Å². The number of carboxylic acids is 1. The van der Waals surface area contributed by atoms with Crippen LogP contribution in [0.3, 0.4) is 0 Å². The highest BCUT2D eigenvalue weighted by atomic mass is 16.4. The number of carbonyl (C=O) groups is 2. The third kappa shape index (κ3) is 3.97. The first-order valence-corrected chi connectivity index (χ1v) is 5.44. The molecule has 18 heavy (non-hydrogen) atoms. The minimum Gasteiger partial charge on any atom is -0.504 e. The van der Waals surface area contributed by atoms with Crippen molar-refractivity contribution in [2.24, 2.45) is 0 Å². The van der Waals surface area contributed by atoms with E-state index in [0.717, 1.165) is 6.07 Å². The Morgan fingerprint density at radius 3 is 2.50 bits per heavy atom. The second-order valence-corrected chi connectivity index (χ2v) is 4.01. The van der Waals surface area contributed by atoms with Crippen LogP contribution in [-0.2, 0) is 4.79 Å². The van der Waals surface area contributed by atoms with Gasteiger partial charge in [0, 0.05) is 18.0 Å². The molecule has 0 fully saturated rings. The van der Waals surface area contributed by atoms with Crippen molar-refractivity contribution < 1.29 is 24.9 Å². The Hall–Kier alpha value is -2.24. The van der Waals surface area contributed by atoms with E-state index in [0.29, 0.717) is 6.42 Å². The number of hydrogen-bond donors (Lipinski definition) is 4. The van der Waals surface area contributed by atoms with Crippen LogP contribution in [0.5, 0.6) is 11.5 Å². The van der Waals surface area contributed by atoms with Crippen molar-refractivity contribution in [3.05, 3.63) is 23.8 Å². The van der Waals surface area contributed by atoms with E-state index < -0.39 is 11.9 Å². The van der Waals surface area contributed by atoms with Gasteiger partial charge < -0.3 is 20.6 Å². The molecule has 0 aliphatic heterocycles. The number of carbonyl (C=O) groups excluding carboxylic acids is 1. The zero-order valence-corrected chi connectivity index (χ0v) is 9.88. The second kappa shape index (κ2) is 5.90. The Morgan fingerprint density at radius 2 is 1.94 bits per heavy atom. The van der Waals surface area contributed by atoms with Gasteiger partial charge in [-0.25, -0.2) is 0 Å². The van der Waals surface area contributed by atoms with Crippen molar-refractivity contribution in [1.29, 1.82) is 0 Å². The summed E-state index contributed by atoms with van der Waals surface area (Å²) in [7, 11) is 0. The van der Waals surface area contributed by atoms with Gasteiger partial charge in [-0.15, -0.1) is 0 Å². The van der Waals surface area contributed by atoms with Crippen molar-refractivity contribution in [2.45, 2.75) is 25.8 Å². The van der Waals surface area contributed by atoms with Crippen LogP contribution in [0.1, 0.15) is 30.1 Å². The molecule has 1 aromatic rings. The van der Waals surface area contributed by atoms with Crippen molar-refractivity contribution in [3.8, 4) is 11.5 Å². The summed E-state index contributed by atoms with van der Waals surface area (Å²) in [4.78, 5) is 22.1. The monoisotopic (exact) mass is 253 g/mol. The van der Waals surface area contributed by atoms with E-state index in [9.17, 15) is 14.7 Å². The second-order valence-electron chi connectivity index (χ2n) is 4.01. The smallest absolute Gasteiger partial charge is 0.303 e. The summed E-state index contributed by atoms with van der Waals surface area (Å²) >= 11 is 0. The first-order chi connectivity index (χ1) is 8.40. The number of aliphatic carboxylic acids is 1. The molecule has 0 saturated heterocycles. The van der Waals surface area contributed by atoms with Gasteiger partial charge in [0.25, 0.3) is 5.91 Å². The number of benzene rings is 1. The third-order valence-corrected chi connectivity index (χ3v) is 2.41. The summed E-state index contributed by atoms with van der Waals surface area (Å²) in [5.74, 6) is -2.02. The van der Waals surface area contributed by atoms with E-state index in [-0.39, 0.29) is 29.5 Å². The number of hydrogen-bond acceptors (Lipinski definition) is 4. The zero-order valence-electron chi connectivity index (χ0n) is 9.88. The van der Waals surface area contributed by atoms with Crippen molar-refractivity contribution in [1.82, 2.24) is 5.32 Å². The molecular weight excluding hydrogens is 238 g/mol. The van der Waals surface area contributed by atoms with Gasteiger partial charge in [0.1, 0.15) is 0 Å². The average molecular weight is 253 g/mol. The van der Waals surface area contributed by atoms with Crippen LogP contribution >= 0.6 is 0 Å². The van der Waals surface area contributed by atoms with Crippen LogP contribution in [0.4, 0.5) is 0 Å². The minimum absolute atomic E-state index is 0.0255. The molecule has 0 heterocycles. The molecule has 6 heteroatoms. The average Bonchev–Trinajstić information content (AvgIpc) is 2.30. The van der Waals surface area contributed by atoms with Crippen LogP contribution in [0.2, 0.25) is 0 Å². The molecule has 0 spiro atoms. The maximum absolute atomic E-state index is 11.7. The van der Waals surface area contributed by atoms with E-state index in [1.807, 2.05) is 0 Å². The molecule has 0 radical (unpaired) electrons. The summed E-state index contributed by atoms with van der Waals surface area (Å²) < 4.78 is 0. The first kappa shape index (κ1) is 13.8. The van der Waals surface area contributed by atoms with E-state index in [1.54, 1.807) is 6.92 Å². The van der Waals surface area contributed by atoms with E-state index in [1.165, 1.54) is 12.1 Å². The number of phenols is 2. The summed E-state index contributed by atoms with van der Waals surface area (Å²) in [6.45, 7) is 1.70. The topological polar surface area (TPSA) is 107 Å². The maximum Gasteiger partial charge on any atom is 0.303 e. The Balaban J connectivity index is 2.59. The largest absolute Gasteiger partial charge is 0.504 e. The highest BCUT2D eigenvalue weighted by Crippen LogP contribution is 2.24. The number of amides is 1. The molecule has 98 valence electrons. The molecule has 0 bridgehead atoms. The van der Waals surface area contributed by atoms with Crippen LogP contribution < -0.4 is 5.32 Å². The highest BCUT2D eigenvalue weighted by Gasteiger charge is 2.12. The van der Waals surface area contributed by atoms with Crippen molar-refractivity contribution in [3.63, 3.8) is 0 Å². The van der Waals surface area contributed by atoms with Gasteiger partial charge in [-0.05, 0) is 31.5 Å². The minimum atomic E-state index is -0.918. The Morgan fingerprint density at radius 1 is 1.28 bits per heavy atom. The van der Waals surface area contributed by atoms with Crippen LogP contribution in [0.15, 0.2) is 18.2 Å². The van der Waals surface area contributed by atoms with Gasteiger partial charge in [0.05, 0.1) is 0 Å². The molecule has 4 N–H and O–H groups in total. The lowest BCUT2D eigenvalue weighted by Crippen LogP contribution is -2.32. The predicted molar refractivity (Wildman–Crippen MR) is 63.6 cm³/mol. The number of phenolic OH excluding ortho intramolecular Hbond substituents is 2. The molecule has 6 nitrogen and oxygen atoms in total. The number of nitrogens with one attached hydrogen (secondary N) is 1. The normalized spacial score (nSPS) is 11.8. The summed E-state index contributed by atoms with van der Waals surface area (Å²) in [5, 5.41) is 29.5. The van der Waals surface area contributed by atoms with Crippen molar-refractivity contribution >= 4 is 11.9 Å². The fraction of sp³-hybridized carbons (Fsp3) is 0.333. The van der Waals surface area contributed by atoms with Crippen LogP contribution in [0.25, 0.3) is 0 Å². The molecule has 1 amide bonds.